The molecule has 0 aliphatic rings. The molecule has 0 heterocycles. The van der Waals surface area contributed by atoms with Crippen molar-refractivity contribution < 1.29 is 13.9 Å². The maximum Gasteiger partial charge on any atom is 0.162 e. The van der Waals surface area contributed by atoms with Crippen molar-refractivity contribution in [3.63, 3.8) is 0 Å². The van der Waals surface area contributed by atoms with Crippen LogP contribution in [0.25, 0.3) is 6.08 Å². The van der Waals surface area contributed by atoms with Gasteiger partial charge >= 0.3 is 0 Å². The fourth-order valence-corrected chi connectivity index (χ4v) is 3.05. The second kappa shape index (κ2) is 10.8. The Morgan fingerprint density at radius 1 is 1.20 bits per heavy atom. The zero-order valence-electron chi connectivity index (χ0n) is 12.6. The van der Waals surface area contributed by atoms with Gasteiger partial charge in [0.2, 0.25) is 0 Å². The predicted octanol–water partition coefficient (Wildman–Crippen LogP) is 3.14. The molecule has 1 aromatic carbocycles. The highest BCUT2D eigenvalue weighted by Gasteiger charge is 2.07. The van der Waals surface area contributed by atoms with Crippen molar-refractivity contribution in [3.05, 3.63) is 42.0 Å². The van der Waals surface area contributed by atoms with Gasteiger partial charge < -0.3 is 13.9 Å². The second-order valence-electron chi connectivity index (χ2n) is 4.44. The summed E-state index contributed by atoms with van der Waals surface area (Å²) in [6, 6.07) is 9.28. The molecule has 0 N–H and O–H groups in total. The van der Waals surface area contributed by atoms with Crippen LogP contribution >= 0.6 is 0 Å². The van der Waals surface area contributed by atoms with Crippen molar-refractivity contribution in [1.29, 1.82) is 0 Å². The third-order valence-electron chi connectivity index (χ3n) is 2.97. The van der Waals surface area contributed by atoms with Crippen LogP contribution < -0.4 is 0 Å². The van der Waals surface area contributed by atoms with Crippen LogP contribution in [0.1, 0.15) is 31.4 Å². The van der Waals surface area contributed by atoms with Crippen LogP contribution in [0.15, 0.2) is 30.8 Å². The minimum atomic E-state index is -0.527. The molecule has 0 atom stereocenters. The van der Waals surface area contributed by atoms with E-state index < -0.39 is 9.76 Å². The normalized spacial score (nSPS) is 11.6. The van der Waals surface area contributed by atoms with Crippen molar-refractivity contribution >= 4 is 15.8 Å². The topological polar surface area (TPSA) is 27.7 Å². The Bertz CT molecular complexity index is 376. The van der Waals surface area contributed by atoms with Gasteiger partial charge in [-0.15, -0.1) is 0 Å². The summed E-state index contributed by atoms with van der Waals surface area (Å²) in [5, 5.41) is 0. The van der Waals surface area contributed by atoms with E-state index in [-0.39, 0.29) is 6.29 Å². The van der Waals surface area contributed by atoms with Crippen molar-refractivity contribution in [2.75, 3.05) is 13.2 Å². The van der Waals surface area contributed by atoms with E-state index in [1.807, 2.05) is 32.1 Å². The minimum absolute atomic E-state index is 0.0680. The smallest absolute Gasteiger partial charge is 0.162 e. The molecule has 20 heavy (non-hydrogen) atoms. The van der Waals surface area contributed by atoms with E-state index in [9.17, 15) is 0 Å². The lowest BCUT2D eigenvalue weighted by molar-refractivity contribution is -0.137. The number of rotatable bonds is 11. The molecule has 1 rings (SSSR count). The molecule has 0 saturated carbocycles. The van der Waals surface area contributed by atoms with Gasteiger partial charge in [-0.3, -0.25) is 0 Å². The monoisotopic (exact) mass is 294 g/mol. The van der Waals surface area contributed by atoms with E-state index >= 15 is 0 Å². The highest BCUT2D eigenvalue weighted by molar-refractivity contribution is 6.26. The van der Waals surface area contributed by atoms with E-state index in [1.54, 1.807) is 0 Å². The number of hydrogen-bond acceptors (Lipinski definition) is 3. The molecule has 0 fully saturated rings. The fourth-order valence-electron chi connectivity index (χ4n) is 1.99. The Morgan fingerprint density at radius 3 is 2.55 bits per heavy atom. The minimum Gasteiger partial charge on any atom is -0.420 e. The molecule has 0 radical (unpaired) electrons. The lowest BCUT2D eigenvalue weighted by atomic mass is 10.1. The highest BCUT2D eigenvalue weighted by Crippen LogP contribution is 2.11. The van der Waals surface area contributed by atoms with Crippen LogP contribution in [-0.4, -0.2) is 29.3 Å². The van der Waals surface area contributed by atoms with Gasteiger partial charge in [0.25, 0.3) is 0 Å². The molecular weight excluding hydrogens is 268 g/mol. The summed E-state index contributed by atoms with van der Waals surface area (Å²) in [5.74, 6) is 0. The van der Waals surface area contributed by atoms with E-state index in [4.69, 9.17) is 13.9 Å². The maximum atomic E-state index is 5.85. The van der Waals surface area contributed by atoms with E-state index in [0.717, 1.165) is 18.0 Å². The summed E-state index contributed by atoms with van der Waals surface area (Å²) in [6.45, 7) is 9.88. The molecule has 0 saturated heterocycles. The lowest BCUT2D eigenvalue weighted by Crippen LogP contribution is -2.18. The summed E-state index contributed by atoms with van der Waals surface area (Å²) in [7, 11) is -0.527. The molecular formula is C16H26O3Si. The third-order valence-corrected chi connectivity index (χ3v) is 4.16. The van der Waals surface area contributed by atoms with Crippen molar-refractivity contribution in [2.45, 2.75) is 39.2 Å². The van der Waals surface area contributed by atoms with Crippen LogP contribution in [0.5, 0.6) is 0 Å². The Morgan fingerprint density at radius 2 is 1.90 bits per heavy atom. The van der Waals surface area contributed by atoms with Gasteiger partial charge in [0.1, 0.15) is 0 Å². The van der Waals surface area contributed by atoms with Gasteiger partial charge in [0, 0.05) is 13.2 Å². The highest BCUT2D eigenvalue weighted by atomic mass is 28.2. The van der Waals surface area contributed by atoms with Crippen LogP contribution in [0.2, 0.25) is 6.04 Å². The zero-order valence-corrected chi connectivity index (χ0v) is 14.1. The summed E-state index contributed by atoms with van der Waals surface area (Å²) < 4.78 is 16.9. The van der Waals surface area contributed by atoms with Gasteiger partial charge in [-0.05, 0) is 37.4 Å². The van der Waals surface area contributed by atoms with Crippen molar-refractivity contribution in [1.82, 2.24) is 0 Å². The SMILES string of the molecule is C=Cc1ccccc1CO[SiH2]CCC(OCC)OCC. The van der Waals surface area contributed by atoms with Gasteiger partial charge in [-0.1, -0.05) is 36.9 Å². The van der Waals surface area contributed by atoms with E-state index in [2.05, 4.69) is 18.7 Å². The lowest BCUT2D eigenvalue weighted by Gasteiger charge is -2.16. The first kappa shape index (κ1) is 17.1. The van der Waals surface area contributed by atoms with Gasteiger partial charge in [-0.25, -0.2) is 0 Å². The van der Waals surface area contributed by atoms with Crippen molar-refractivity contribution in [3.8, 4) is 0 Å². The second-order valence-corrected chi connectivity index (χ2v) is 5.96. The van der Waals surface area contributed by atoms with Crippen LogP contribution in [-0.2, 0) is 20.5 Å². The van der Waals surface area contributed by atoms with Gasteiger partial charge in [0.15, 0.2) is 16.1 Å². The van der Waals surface area contributed by atoms with E-state index in [0.29, 0.717) is 19.8 Å². The van der Waals surface area contributed by atoms with E-state index in [1.165, 1.54) is 5.56 Å². The standard InChI is InChI=1S/C16H26O3Si/c1-4-14-9-7-8-10-15(14)13-19-20-12-11-16(17-5-2)18-6-3/h4,7-10,16H,1,5-6,11-13,20H2,2-3H3. The van der Waals surface area contributed by atoms with Gasteiger partial charge in [0.05, 0.1) is 6.61 Å². The first-order chi connectivity index (χ1) is 9.81. The number of ether oxygens (including phenoxy) is 2. The summed E-state index contributed by atoms with van der Waals surface area (Å²) in [6.07, 6.45) is 2.74. The molecule has 0 spiro atoms. The number of hydrogen-bond donors (Lipinski definition) is 0. The maximum absolute atomic E-state index is 5.85. The molecule has 0 aliphatic heterocycles. The predicted molar refractivity (Wildman–Crippen MR) is 86.3 cm³/mol. The molecule has 0 bridgehead atoms. The average molecular weight is 294 g/mol. The fraction of sp³-hybridized carbons (Fsp3) is 0.500. The molecule has 3 nitrogen and oxygen atoms in total. The number of benzene rings is 1. The Kier molecular flexibility index (Phi) is 9.24. The molecule has 0 aliphatic carbocycles. The van der Waals surface area contributed by atoms with Crippen LogP contribution in [0.3, 0.4) is 0 Å². The molecule has 0 amide bonds. The molecule has 4 heteroatoms. The average Bonchev–Trinajstić information content (AvgIpc) is 2.47. The first-order valence-electron chi connectivity index (χ1n) is 7.33. The van der Waals surface area contributed by atoms with Crippen LogP contribution in [0.4, 0.5) is 0 Å². The first-order valence-corrected chi connectivity index (χ1v) is 8.90. The Labute approximate surface area is 124 Å². The third kappa shape index (κ3) is 6.48. The zero-order chi connectivity index (χ0) is 14.6. The summed E-state index contributed by atoms with van der Waals surface area (Å²) in [5.41, 5.74) is 2.36. The Balaban J connectivity index is 2.22. The summed E-state index contributed by atoms with van der Waals surface area (Å²) >= 11 is 0. The van der Waals surface area contributed by atoms with Gasteiger partial charge in [-0.2, -0.15) is 0 Å². The molecule has 0 aromatic heterocycles. The van der Waals surface area contributed by atoms with Crippen molar-refractivity contribution in [2.24, 2.45) is 0 Å². The van der Waals surface area contributed by atoms with Crippen LogP contribution in [0, 0.1) is 0 Å². The molecule has 112 valence electrons. The largest absolute Gasteiger partial charge is 0.420 e. The quantitative estimate of drug-likeness (QED) is 0.356. The molecule has 0 unspecified atom stereocenters. The Hall–Kier alpha value is -0.943. The molecule has 1 aromatic rings. The summed E-state index contributed by atoms with van der Waals surface area (Å²) in [4.78, 5) is 0.